The maximum Gasteiger partial charge on any atom is 0.251 e. The predicted octanol–water partition coefficient (Wildman–Crippen LogP) is 2.44. The van der Waals surface area contributed by atoms with Crippen LogP contribution in [0.4, 0.5) is 0 Å². The van der Waals surface area contributed by atoms with Crippen molar-refractivity contribution in [3.8, 4) is 0 Å². The summed E-state index contributed by atoms with van der Waals surface area (Å²) in [6, 6.07) is 18.6. The maximum atomic E-state index is 11.8. The summed E-state index contributed by atoms with van der Waals surface area (Å²) in [5.74, 6) is -0.332. The molecule has 0 fully saturated rings. The lowest BCUT2D eigenvalue weighted by molar-refractivity contribution is -0.134. The third kappa shape index (κ3) is 6.32. The SMILES string of the molecule is O=C(CCCNC(=O)c1ccccc1)NOCc1ccccc1. The highest BCUT2D eigenvalue weighted by atomic mass is 16.6. The number of carbonyl (C=O) groups is 2. The molecule has 0 heterocycles. The van der Waals surface area contributed by atoms with Crippen molar-refractivity contribution in [1.29, 1.82) is 0 Å². The molecule has 0 saturated heterocycles. The van der Waals surface area contributed by atoms with Gasteiger partial charge in [0.25, 0.3) is 5.91 Å². The van der Waals surface area contributed by atoms with Crippen LogP contribution in [0.5, 0.6) is 0 Å². The third-order valence-electron chi connectivity index (χ3n) is 3.17. The minimum absolute atomic E-state index is 0.133. The summed E-state index contributed by atoms with van der Waals surface area (Å²) < 4.78 is 0. The molecule has 2 amide bonds. The van der Waals surface area contributed by atoms with E-state index in [-0.39, 0.29) is 11.8 Å². The standard InChI is InChI=1S/C18H20N2O3/c21-17(20-23-14-15-8-3-1-4-9-15)12-7-13-19-18(22)16-10-5-2-6-11-16/h1-6,8-11H,7,12-14H2,(H,19,22)(H,20,21). The number of hydrogen-bond acceptors (Lipinski definition) is 3. The molecule has 0 bridgehead atoms. The first-order valence-electron chi connectivity index (χ1n) is 7.53. The second-order valence-electron chi connectivity index (χ2n) is 5.02. The van der Waals surface area contributed by atoms with Crippen molar-refractivity contribution in [3.63, 3.8) is 0 Å². The normalized spacial score (nSPS) is 10.1. The van der Waals surface area contributed by atoms with Crippen LogP contribution < -0.4 is 10.8 Å². The molecule has 0 radical (unpaired) electrons. The number of nitrogens with one attached hydrogen (secondary N) is 2. The molecule has 2 rings (SSSR count). The number of hydroxylamine groups is 1. The van der Waals surface area contributed by atoms with E-state index in [0.717, 1.165) is 5.56 Å². The number of hydrogen-bond donors (Lipinski definition) is 2. The Labute approximate surface area is 135 Å². The number of amides is 2. The van der Waals surface area contributed by atoms with Gasteiger partial charge in [-0.05, 0) is 24.1 Å². The Bertz CT molecular complexity index is 615. The molecule has 0 aliphatic rings. The molecule has 2 aromatic carbocycles. The molecule has 23 heavy (non-hydrogen) atoms. The van der Waals surface area contributed by atoms with E-state index in [0.29, 0.717) is 31.6 Å². The van der Waals surface area contributed by atoms with Crippen molar-refractivity contribution in [2.24, 2.45) is 0 Å². The Balaban J connectivity index is 1.55. The molecule has 0 spiro atoms. The van der Waals surface area contributed by atoms with Gasteiger partial charge in [-0.15, -0.1) is 0 Å². The van der Waals surface area contributed by atoms with E-state index in [2.05, 4.69) is 10.8 Å². The highest BCUT2D eigenvalue weighted by Crippen LogP contribution is 2.00. The average Bonchev–Trinajstić information content (AvgIpc) is 2.60. The summed E-state index contributed by atoms with van der Waals surface area (Å²) >= 11 is 0. The van der Waals surface area contributed by atoms with Crippen LogP contribution in [0.15, 0.2) is 60.7 Å². The second kappa shape index (κ2) is 9.38. The zero-order chi connectivity index (χ0) is 16.3. The number of benzene rings is 2. The molecule has 0 aliphatic heterocycles. The average molecular weight is 312 g/mol. The van der Waals surface area contributed by atoms with Gasteiger partial charge in [-0.3, -0.25) is 14.4 Å². The molecular formula is C18H20N2O3. The first-order valence-corrected chi connectivity index (χ1v) is 7.53. The van der Waals surface area contributed by atoms with E-state index in [1.807, 2.05) is 48.5 Å². The summed E-state index contributed by atoms with van der Waals surface area (Å²) in [6.07, 6.45) is 0.850. The molecular weight excluding hydrogens is 292 g/mol. The summed E-state index contributed by atoms with van der Waals surface area (Å²) in [5, 5.41) is 2.78. The quantitative estimate of drug-likeness (QED) is 0.581. The van der Waals surface area contributed by atoms with Crippen LogP contribution in [0.25, 0.3) is 0 Å². The van der Waals surface area contributed by atoms with Crippen molar-refractivity contribution >= 4 is 11.8 Å². The van der Waals surface area contributed by atoms with Crippen molar-refractivity contribution in [2.75, 3.05) is 6.54 Å². The highest BCUT2D eigenvalue weighted by molar-refractivity contribution is 5.94. The van der Waals surface area contributed by atoms with Crippen LogP contribution in [-0.4, -0.2) is 18.4 Å². The van der Waals surface area contributed by atoms with Crippen LogP contribution in [0.2, 0.25) is 0 Å². The van der Waals surface area contributed by atoms with Gasteiger partial charge in [0, 0.05) is 18.5 Å². The molecule has 120 valence electrons. The van der Waals surface area contributed by atoms with Gasteiger partial charge >= 0.3 is 0 Å². The Hall–Kier alpha value is -2.66. The lowest BCUT2D eigenvalue weighted by Crippen LogP contribution is -2.27. The predicted molar refractivity (Wildman–Crippen MR) is 87.4 cm³/mol. The topological polar surface area (TPSA) is 67.4 Å². The zero-order valence-corrected chi connectivity index (χ0v) is 12.8. The van der Waals surface area contributed by atoms with Crippen molar-refractivity contribution < 1.29 is 14.4 Å². The molecule has 2 N–H and O–H groups in total. The lowest BCUT2D eigenvalue weighted by atomic mass is 10.2. The summed E-state index contributed by atoms with van der Waals surface area (Å²) in [4.78, 5) is 28.5. The van der Waals surface area contributed by atoms with Gasteiger partial charge in [-0.2, -0.15) is 0 Å². The van der Waals surface area contributed by atoms with Crippen molar-refractivity contribution in [3.05, 3.63) is 71.8 Å². The molecule has 0 aliphatic carbocycles. The van der Waals surface area contributed by atoms with Crippen molar-refractivity contribution in [1.82, 2.24) is 10.8 Å². The minimum Gasteiger partial charge on any atom is -0.352 e. The van der Waals surface area contributed by atoms with E-state index < -0.39 is 0 Å². The molecule has 0 atom stereocenters. The van der Waals surface area contributed by atoms with Gasteiger partial charge in [0.1, 0.15) is 0 Å². The number of rotatable bonds is 8. The second-order valence-corrected chi connectivity index (χ2v) is 5.02. The summed E-state index contributed by atoms with van der Waals surface area (Å²) in [6.45, 7) is 0.775. The van der Waals surface area contributed by atoms with Gasteiger partial charge in [0.2, 0.25) is 5.91 Å². The van der Waals surface area contributed by atoms with E-state index in [1.54, 1.807) is 12.1 Å². The summed E-state index contributed by atoms with van der Waals surface area (Å²) in [7, 11) is 0. The van der Waals surface area contributed by atoms with Crippen LogP contribution in [0.3, 0.4) is 0 Å². The van der Waals surface area contributed by atoms with E-state index in [1.165, 1.54) is 0 Å². The fourth-order valence-electron chi connectivity index (χ4n) is 1.97. The van der Waals surface area contributed by atoms with Crippen molar-refractivity contribution in [2.45, 2.75) is 19.4 Å². The first-order chi connectivity index (χ1) is 11.3. The van der Waals surface area contributed by atoms with E-state index in [4.69, 9.17) is 4.84 Å². The Morgan fingerprint density at radius 1 is 0.913 bits per heavy atom. The molecule has 0 aromatic heterocycles. The Morgan fingerprint density at radius 3 is 2.26 bits per heavy atom. The van der Waals surface area contributed by atoms with Crippen LogP contribution in [0, 0.1) is 0 Å². The molecule has 5 heteroatoms. The fourth-order valence-corrected chi connectivity index (χ4v) is 1.97. The minimum atomic E-state index is -0.199. The Morgan fingerprint density at radius 2 is 1.57 bits per heavy atom. The van der Waals surface area contributed by atoms with E-state index >= 15 is 0 Å². The molecule has 2 aromatic rings. The zero-order valence-electron chi connectivity index (χ0n) is 12.8. The maximum absolute atomic E-state index is 11.8. The van der Waals surface area contributed by atoms with Gasteiger partial charge in [-0.25, -0.2) is 5.48 Å². The van der Waals surface area contributed by atoms with Crippen LogP contribution in [-0.2, 0) is 16.2 Å². The van der Waals surface area contributed by atoms with Gasteiger partial charge in [0.15, 0.2) is 0 Å². The fraction of sp³-hybridized carbons (Fsp3) is 0.222. The summed E-state index contributed by atoms with van der Waals surface area (Å²) in [5.41, 5.74) is 4.00. The van der Waals surface area contributed by atoms with Crippen LogP contribution >= 0.6 is 0 Å². The number of carbonyl (C=O) groups excluding carboxylic acids is 2. The monoisotopic (exact) mass is 312 g/mol. The van der Waals surface area contributed by atoms with Crippen LogP contribution in [0.1, 0.15) is 28.8 Å². The smallest absolute Gasteiger partial charge is 0.251 e. The van der Waals surface area contributed by atoms with Gasteiger partial charge < -0.3 is 5.32 Å². The molecule has 0 saturated carbocycles. The largest absolute Gasteiger partial charge is 0.352 e. The Kier molecular flexibility index (Phi) is 6.81. The third-order valence-corrected chi connectivity index (χ3v) is 3.17. The molecule has 5 nitrogen and oxygen atoms in total. The van der Waals surface area contributed by atoms with Gasteiger partial charge in [-0.1, -0.05) is 48.5 Å². The lowest BCUT2D eigenvalue weighted by Gasteiger charge is -2.07. The highest BCUT2D eigenvalue weighted by Gasteiger charge is 2.05. The van der Waals surface area contributed by atoms with E-state index in [9.17, 15) is 9.59 Å². The van der Waals surface area contributed by atoms with Gasteiger partial charge in [0.05, 0.1) is 6.61 Å². The first kappa shape index (κ1) is 16.7. The molecule has 0 unspecified atom stereocenters.